The predicted octanol–water partition coefficient (Wildman–Crippen LogP) is 0.401. The van der Waals surface area contributed by atoms with Crippen LogP contribution in [0.25, 0.3) is 0 Å². The minimum atomic E-state index is -1.06. The molecule has 2 N–H and O–H groups in total. The monoisotopic (exact) mass is 204 g/mol. The minimum Gasteiger partial charge on any atom is -0.481 e. The van der Waals surface area contributed by atoms with E-state index in [4.69, 9.17) is 10.2 Å². The molecular weight excluding hydrogens is 186 g/mol. The van der Waals surface area contributed by atoms with E-state index < -0.39 is 17.5 Å². The van der Waals surface area contributed by atoms with Crippen LogP contribution >= 0.6 is 0 Å². The summed E-state index contributed by atoms with van der Waals surface area (Å²) in [5, 5.41) is 17.6. The first-order valence-electron chi connectivity index (χ1n) is 4.38. The van der Waals surface area contributed by atoms with Gasteiger partial charge >= 0.3 is 11.9 Å². The third-order valence-electron chi connectivity index (χ3n) is 2.77. The van der Waals surface area contributed by atoms with Gasteiger partial charge in [-0.25, -0.2) is 4.79 Å². The van der Waals surface area contributed by atoms with Crippen molar-refractivity contribution in [3.8, 4) is 0 Å². The van der Waals surface area contributed by atoms with Gasteiger partial charge in [-0.2, -0.15) is 0 Å². The average molecular weight is 204 g/mol. The van der Waals surface area contributed by atoms with Crippen LogP contribution in [0.15, 0.2) is 0 Å². The summed E-state index contributed by atoms with van der Waals surface area (Å²) in [6.07, 6.45) is -0.000509. The Morgan fingerprint density at radius 1 is 1.21 bits per heavy atom. The highest BCUT2D eigenvalue weighted by molar-refractivity contribution is 5.78. The molecule has 1 atom stereocenters. The Balaban J connectivity index is 4.75. The van der Waals surface area contributed by atoms with Crippen LogP contribution in [0.5, 0.6) is 0 Å². The number of quaternary nitrogens is 1. The fourth-order valence-corrected chi connectivity index (χ4v) is 1.08. The zero-order valence-electron chi connectivity index (χ0n) is 9.07. The lowest BCUT2D eigenvalue weighted by Crippen LogP contribution is -2.60. The van der Waals surface area contributed by atoms with Crippen LogP contribution in [0.3, 0.4) is 0 Å². The van der Waals surface area contributed by atoms with E-state index in [0.717, 1.165) is 0 Å². The Hall–Kier alpha value is -1.10. The van der Waals surface area contributed by atoms with Crippen molar-refractivity contribution in [3.05, 3.63) is 0 Å². The summed E-state index contributed by atoms with van der Waals surface area (Å²) in [6.45, 7) is 1.57. The van der Waals surface area contributed by atoms with E-state index in [1.807, 2.05) is 0 Å². The van der Waals surface area contributed by atoms with Crippen LogP contribution in [0.2, 0.25) is 0 Å². The standard InChI is InChI=1S/C9H17NO4/c1-9(8(13)14,10(2,3)4)6-5-7(11)12/h5-6H2,1-4H3,(H-,11,12,13,14)/p+1. The summed E-state index contributed by atoms with van der Waals surface area (Å²) in [6, 6.07) is 0. The van der Waals surface area contributed by atoms with Gasteiger partial charge in [0.15, 0.2) is 5.54 Å². The zero-order chi connectivity index (χ0) is 11.6. The third kappa shape index (κ3) is 2.70. The van der Waals surface area contributed by atoms with Gasteiger partial charge in [0.1, 0.15) is 0 Å². The largest absolute Gasteiger partial charge is 0.481 e. The summed E-state index contributed by atoms with van der Waals surface area (Å²) in [5.41, 5.74) is -1.06. The number of aliphatic carboxylic acids is 2. The maximum absolute atomic E-state index is 11.1. The Kier molecular flexibility index (Phi) is 3.65. The molecule has 0 radical (unpaired) electrons. The van der Waals surface area contributed by atoms with Crippen LogP contribution in [-0.4, -0.2) is 53.3 Å². The van der Waals surface area contributed by atoms with Crippen molar-refractivity contribution in [3.63, 3.8) is 0 Å². The summed E-state index contributed by atoms with van der Waals surface area (Å²) in [5.74, 6) is -1.93. The van der Waals surface area contributed by atoms with E-state index in [2.05, 4.69) is 0 Å². The first-order valence-corrected chi connectivity index (χ1v) is 4.38. The van der Waals surface area contributed by atoms with Gasteiger partial charge < -0.3 is 14.7 Å². The Labute approximate surface area is 83.5 Å². The summed E-state index contributed by atoms with van der Waals surface area (Å²) in [4.78, 5) is 21.5. The second-order valence-electron chi connectivity index (χ2n) is 4.49. The maximum Gasteiger partial charge on any atom is 0.365 e. The molecule has 0 saturated heterocycles. The molecule has 0 heterocycles. The fourth-order valence-electron chi connectivity index (χ4n) is 1.08. The molecule has 14 heavy (non-hydrogen) atoms. The molecule has 0 aliphatic heterocycles. The van der Waals surface area contributed by atoms with Gasteiger partial charge in [0.2, 0.25) is 0 Å². The quantitative estimate of drug-likeness (QED) is 0.636. The number of nitrogens with zero attached hydrogens (tertiary/aromatic N) is 1. The van der Waals surface area contributed by atoms with Crippen LogP contribution < -0.4 is 0 Å². The topological polar surface area (TPSA) is 74.6 Å². The molecule has 0 bridgehead atoms. The summed E-state index contributed by atoms with van der Waals surface area (Å²) in [7, 11) is 5.24. The van der Waals surface area contributed by atoms with Gasteiger partial charge in [-0.3, -0.25) is 4.79 Å². The highest BCUT2D eigenvalue weighted by atomic mass is 16.4. The Morgan fingerprint density at radius 2 is 1.64 bits per heavy atom. The number of hydrogen-bond donors (Lipinski definition) is 2. The molecule has 0 fully saturated rings. The maximum atomic E-state index is 11.1. The van der Waals surface area contributed by atoms with Gasteiger partial charge in [-0.1, -0.05) is 0 Å². The lowest BCUT2D eigenvalue weighted by Gasteiger charge is -2.40. The number of rotatable bonds is 5. The van der Waals surface area contributed by atoms with E-state index in [0.29, 0.717) is 0 Å². The number of carboxylic acid groups (broad SMARTS) is 2. The van der Waals surface area contributed by atoms with E-state index in [-0.39, 0.29) is 17.3 Å². The van der Waals surface area contributed by atoms with Gasteiger partial charge in [-0.05, 0) is 0 Å². The molecule has 82 valence electrons. The van der Waals surface area contributed by atoms with Crippen LogP contribution in [0.4, 0.5) is 0 Å². The summed E-state index contributed by atoms with van der Waals surface area (Å²) < 4.78 is 0.204. The molecule has 0 aliphatic carbocycles. The number of likely N-dealkylation sites (N-methyl/N-ethyl adjacent to an activating group) is 1. The second-order valence-corrected chi connectivity index (χ2v) is 4.49. The molecule has 0 aromatic heterocycles. The molecule has 0 aromatic carbocycles. The van der Waals surface area contributed by atoms with E-state index >= 15 is 0 Å². The molecule has 0 aromatic rings. The predicted molar refractivity (Wildman–Crippen MR) is 50.9 cm³/mol. The smallest absolute Gasteiger partial charge is 0.365 e. The lowest BCUT2D eigenvalue weighted by molar-refractivity contribution is -0.912. The Morgan fingerprint density at radius 3 is 1.86 bits per heavy atom. The fraction of sp³-hybridized carbons (Fsp3) is 0.778. The minimum absolute atomic E-state index is 0.126. The van der Waals surface area contributed by atoms with Crippen LogP contribution in [-0.2, 0) is 9.59 Å². The molecule has 0 amide bonds. The molecule has 0 saturated carbocycles. The van der Waals surface area contributed by atoms with Crippen LogP contribution in [0, 0.1) is 0 Å². The van der Waals surface area contributed by atoms with E-state index in [9.17, 15) is 9.59 Å². The molecule has 0 aliphatic rings. The lowest BCUT2D eigenvalue weighted by atomic mass is 9.92. The average Bonchev–Trinajstić information content (AvgIpc) is 1.97. The highest BCUT2D eigenvalue weighted by Crippen LogP contribution is 2.24. The normalized spacial score (nSPS) is 16.0. The molecule has 5 nitrogen and oxygen atoms in total. The molecule has 0 rings (SSSR count). The SMILES string of the molecule is CC(CCC(=O)O)(C(=O)O)[N+](C)(C)C. The van der Waals surface area contributed by atoms with Crippen molar-refractivity contribution in [2.75, 3.05) is 21.1 Å². The van der Waals surface area contributed by atoms with Crippen molar-refractivity contribution >= 4 is 11.9 Å². The third-order valence-corrected chi connectivity index (χ3v) is 2.77. The van der Waals surface area contributed by atoms with Crippen LogP contribution in [0.1, 0.15) is 19.8 Å². The van der Waals surface area contributed by atoms with E-state index in [1.165, 1.54) is 0 Å². The first-order chi connectivity index (χ1) is 6.11. The number of hydrogen-bond acceptors (Lipinski definition) is 2. The number of carbonyl (C=O) groups is 2. The van der Waals surface area contributed by atoms with Crippen molar-refractivity contribution in [1.29, 1.82) is 0 Å². The first kappa shape index (κ1) is 12.9. The highest BCUT2D eigenvalue weighted by Gasteiger charge is 2.45. The zero-order valence-corrected chi connectivity index (χ0v) is 9.07. The second kappa shape index (κ2) is 3.96. The molecule has 0 spiro atoms. The number of carboxylic acids is 2. The molecule has 5 heteroatoms. The van der Waals surface area contributed by atoms with Crippen molar-refractivity contribution < 1.29 is 24.3 Å². The van der Waals surface area contributed by atoms with Gasteiger partial charge in [0.25, 0.3) is 0 Å². The van der Waals surface area contributed by atoms with E-state index in [1.54, 1.807) is 28.1 Å². The molecule has 1 unspecified atom stereocenters. The summed E-state index contributed by atoms with van der Waals surface area (Å²) >= 11 is 0. The van der Waals surface area contributed by atoms with Gasteiger partial charge in [-0.15, -0.1) is 0 Å². The Bertz CT molecular complexity index is 244. The van der Waals surface area contributed by atoms with Gasteiger partial charge in [0.05, 0.1) is 27.6 Å². The van der Waals surface area contributed by atoms with Gasteiger partial charge in [0, 0.05) is 13.3 Å². The van der Waals surface area contributed by atoms with Crippen molar-refractivity contribution in [2.24, 2.45) is 0 Å². The molecular formula is C9H18NO4+. The van der Waals surface area contributed by atoms with Crippen molar-refractivity contribution in [1.82, 2.24) is 0 Å². The van der Waals surface area contributed by atoms with Crippen molar-refractivity contribution in [2.45, 2.75) is 25.3 Å².